The molecule has 0 atom stereocenters. The van der Waals surface area contributed by atoms with Crippen LogP contribution in [0, 0.1) is 6.92 Å². The molecule has 1 aromatic carbocycles. The van der Waals surface area contributed by atoms with Gasteiger partial charge in [-0.3, -0.25) is 9.40 Å². The van der Waals surface area contributed by atoms with Crippen LogP contribution >= 0.6 is 0 Å². The molecule has 0 aliphatic carbocycles. The van der Waals surface area contributed by atoms with Crippen molar-refractivity contribution in [1.82, 2.24) is 9.78 Å². The molecule has 0 saturated heterocycles. The van der Waals surface area contributed by atoms with Gasteiger partial charge in [-0.15, -0.1) is 0 Å². The van der Waals surface area contributed by atoms with E-state index in [1.807, 2.05) is 13.0 Å². The van der Waals surface area contributed by atoms with Gasteiger partial charge in [0.15, 0.2) is 0 Å². The van der Waals surface area contributed by atoms with Crippen molar-refractivity contribution in [3.05, 3.63) is 36.2 Å². The number of hydrogen-bond donors (Lipinski definition) is 2. The highest BCUT2D eigenvalue weighted by Gasteiger charge is 2.18. The molecule has 0 spiro atoms. The predicted molar refractivity (Wildman–Crippen MR) is 77.9 cm³/mol. The quantitative estimate of drug-likeness (QED) is 0.830. The predicted octanol–water partition coefficient (Wildman–Crippen LogP) is 0.993. The summed E-state index contributed by atoms with van der Waals surface area (Å²) in [6, 6.07) is 5.22. The summed E-state index contributed by atoms with van der Waals surface area (Å²) in [7, 11) is -2.28. The van der Waals surface area contributed by atoms with Gasteiger partial charge in [-0.2, -0.15) is 5.10 Å². The average Bonchev–Trinajstić information content (AvgIpc) is 2.88. The smallest absolute Gasteiger partial charge is 0.265 e. The molecule has 2 aromatic rings. The molecule has 0 fully saturated rings. The van der Waals surface area contributed by atoms with Crippen LogP contribution in [0.25, 0.3) is 0 Å². The minimum atomic E-state index is -3.76. The van der Waals surface area contributed by atoms with Crippen molar-refractivity contribution < 1.29 is 18.3 Å². The van der Waals surface area contributed by atoms with Gasteiger partial charge in [-0.1, -0.05) is 6.07 Å². The summed E-state index contributed by atoms with van der Waals surface area (Å²) in [5, 5.41) is 12.7. The van der Waals surface area contributed by atoms with Crippen LogP contribution in [0.1, 0.15) is 5.56 Å². The van der Waals surface area contributed by atoms with Crippen LogP contribution in [0.2, 0.25) is 0 Å². The van der Waals surface area contributed by atoms with Gasteiger partial charge in [-0.05, 0) is 24.6 Å². The van der Waals surface area contributed by atoms with Crippen molar-refractivity contribution >= 4 is 15.7 Å². The number of aryl methyl sites for hydroxylation is 1. The number of aromatic nitrogens is 2. The third-order valence-electron chi connectivity index (χ3n) is 2.85. The molecule has 0 aliphatic rings. The molecule has 8 heteroatoms. The summed E-state index contributed by atoms with van der Waals surface area (Å²) >= 11 is 0. The molecule has 0 amide bonds. The number of aliphatic hydroxyl groups excluding tert-OH is 1. The molecule has 0 radical (unpaired) electrons. The Kier molecular flexibility index (Phi) is 4.49. The fourth-order valence-corrected chi connectivity index (χ4v) is 2.83. The van der Waals surface area contributed by atoms with E-state index in [9.17, 15) is 8.42 Å². The number of aliphatic hydroxyl groups is 1. The normalized spacial score (nSPS) is 11.4. The first-order chi connectivity index (χ1) is 9.96. The zero-order valence-electron chi connectivity index (χ0n) is 11.8. The molecule has 0 bridgehead atoms. The minimum Gasteiger partial charge on any atom is -0.495 e. The highest BCUT2D eigenvalue weighted by Crippen LogP contribution is 2.27. The van der Waals surface area contributed by atoms with Crippen molar-refractivity contribution in [2.75, 3.05) is 18.4 Å². The van der Waals surface area contributed by atoms with Gasteiger partial charge in [0.05, 0.1) is 32.1 Å². The fourth-order valence-electron chi connectivity index (χ4n) is 1.81. The van der Waals surface area contributed by atoms with E-state index in [0.717, 1.165) is 5.56 Å². The maximum Gasteiger partial charge on any atom is 0.265 e. The van der Waals surface area contributed by atoms with Gasteiger partial charge in [-0.25, -0.2) is 8.42 Å². The molecular weight excluding hydrogens is 294 g/mol. The Hall–Kier alpha value is -2.06. The van der Waals surface area contributed by atoms with Crippen molar-refractivity contribution in [2.45, 2.75) is 18.4 Å². The van der Waals surface area contributed by atoms with E-state index in [4.69, 9.17) is 9.84 Å². The lowest BCUT2D eigenvalue weighted by Crippen LogP contribution is -2.13. The second-order valence-electron chi connectivity index (χ2n) is 4.47. The number of nitrogens with zero attached hydrogens (tertiary/aromatic N) is 2. The SMILES string of the molecule is COc1ccc(C)cc1NS(=O)(=O)c1cnn(CCO)c1. The van der Waals surface area contributed by atoms with E-state index in [-0.39, 0.29) is 18.0 Å². The van der Waals surface area contributed by atoms with Crippen molar-refractivity contribution in [2.24, 2.45) is 0 Å². The summed E-state index contributed by atoms with van der Waals surface area (Å²) in [6.07, 6.45) is 2.60. The molecule has 2 rings (SSSR count). The Morgan fingerprint density at radius 1 is 1.43 bits per heavy atom. The van der Waals surface area contributed by atoms with E-state index >= 15 is 0 Å². The maximum absolute atomic E-state index is 12.3. The second-order valence-corrected chi connectivity index (χ2v) is 6.15. The molecule has 7 nitrogen and oxygen atoms in total. The van der Waals surface area contributed by atoms with Crippen molar-refractivity contribution in [3.8, 4) is 5.75 Å². The molecule has 21 heavy (non-hydrogen) atoms. The average molecular weight is 311 g/mol. The lowest BCUT2D eigenvalue weighted by atomic mass is 10.2. The van der Waals surface area contributed by atoms with Gasteiger partial charge in [0.2, 0.25) is 0 Å². The first-order valence-electron chi connectivity index (χ1n) is 6.27. The second kappa shape index (κ2) is 6.15. The summed E-state index contributed by atoms with van der Waals surface area (Å²) in [5.41, 5.74) is 1.27. The van der Waals surface area contributed by atoms with Gasteiger partial charge < -0.3 is 9.84 Å². The number of benzene rings is 1. The summed E-state index contributed by atoms with van der Waals surface area (Å²) < 4.78 is 33.6. The molecular formula is C13H17N3O4S. The van der Waals surface area contributed by atoms with E-state index in [2.05, 4.69) is 9.82 Å². The van der Waals surface area contributed by atoms with Gasteiger partial charge in [0, 0.05) is 6.20 Å². The zero-order chi connectivity index (χ0) is 15.5. The van der Waals surface area contributed by atoms with Crippen LogP contribution in [-0.4, -0.2) is 37.0 Å². The number of methoxy groups -OCH3 is 1. The van der Waals surface area contributed by atoms with E-state index < -0.39 is 10.0 Å². The van der Waals surface area contributed by atoms with Crippen LogP contribution < -0.4 is 9.46 Å². The van der Waals surface area contributed by atoms with E-state index in [1.165, 1.54) is 24.2 Å². The van der Waals surface area contributed by atoms with Gasteiger partial charge >= 0.3 is 0 Å². The summed E-state index contributed by atoms with van der Waals surface area (Å²) in [6.45, 7) is 1.99. The molecule has 114 valence electrons. The number of ether oxygens (including phenoxy) is 1. The molecule has 0 aliphatic heterocycles. The number of anilines is 1. The summed E-state index contributed by atoms with van der Waals surface area (Å²) in [5.74, 6) is 0.437. The van der Waals surface area contributed by atoms with Gasteiger partial charge in [0.25, 0.3) is 10.0 Å². The topological polar surface area (TPSA) is 93.5 Å². The number of sulfonamides is 1. The third kappa shape index (κ3) is 3.53. The van der Waals surface area contributed by atoms with E-state index in [1.54, 1.807) is 12.1 Å². The standard InChI is InChI=1S/C13H17N3O4S/c1-10-3-4-13(20-2)12(7-10)15-21(18,19)11-8-14-16(9-11)5-6-17/h3-4,7-9,15,17H,5-6H2,1-2H3. The maximum atomic E-state index is 12.3. The first kappa shape index (κ1) is 15.3. The summed E-state index contributed by atoms with van der Waals surface area (Å²) in [4.78, 5) is 0.0273. The number of rotatable bonds is 6. The third-order valence-corrected chi connectivity index (χ3v) is 4.17. The largest absolute Gasteiger partial charge is 0.495 e. The monoisotopic (exact) mass is 311 g/mol. The minimum absolute atomic E-state index is 0.0273. The Morgan fingerprint density at radius 2 is 2.19 bits per heavy atom. The van der Waals surface area contributed by atoms with Crippen LogP contribution in [-0.2, 0) is 16.6 Å². The van der Waals surface area contributed by atoms with Crippen molar-refractivity contribution in [3.63, 3.8) is 0 Å². The van der Waals surface area contributed by atoms with Crippen molar-refractivity contribution in [1.29, 1.82) is 0 Å². The molecule has 1 aromatic heterocycles. The number of nitrogens with one attached hydrogen (secondary N) is 1. The molecule has 1 heterocycles. The Balaban J connectivity index is 2.30. The zero-order valence-corrected chi connectivity index (χ0v) is 12.6. The fraction of sp³-hybridized carbons (Fsp3) is 0.308. The highest BCUT2D eigenvalue weighted by atomic mass is 32.2. The van der Waals surface area contributed by atoms with E-state index in [0.29, 0.717) is 11.4 Å². The Bertz CT molecular complexity index is 725. The molecule has 0 unspecified atom stereocenters. The highest BCUT2D eigenvalue weighted by molar-refractivity contribution is 7.92. The lowest BCUT2D eigenvalue weighted by Gasteiger charge is -2.11. The van der Waals surface area contributed by atoms with Crippen LogP contribution in [0.15, 0.2) is 35.5 Å². The molecule has 0 saturated carbocycles. The Morgan fingerprint density at radius 3 is 2.86 bits per heavy atom. The van der Waals surface area contributed by atoms with Crippen LogP contribution in [0.5, 0.6) is 5.75 Å². The lowest BCUT2D eigenvalue weighted by molar-refractivity contribution is 0.269. The van der Waals surface area contributed by atoms with Crippen LogP contribution in [0.3, 0.4) is 0 Å². The first-order valence-corrected chi connectivity index (χ1v) is 7.75. The molecule has 2 N–H and O–H groups in total. The van der Waals surface area contributed by atoms with Crippen LogP contribution in [0.4, 0.5) is 5.69 Å². The number of hydrogen-bond acceptors (Lipinski definition) is 5. The Labute approximate surface area is 123 Å². The van der Waals surface area contributed by atoms with Gasteiger partial charge in [0.1, 0.15) is 10.6 Å².